The van der Waals surface area contributed by atoms with Crippen LogP contribution in [0, 0.1) is 11.8 Å². The largest absolute Gasteiger partial charge is 0.353 e. The average Bonchev–Trinajstić information content (AvgIpc) is 2.01. The maximum atomic E-state index is 10.9. The van der Waals surface area contributed by atoms with Crippen LogP contribution in [0.2, 0.25) is 0 Å². The fourth-order valence-corrected chi connectivity index (χ4v) is 0.575. The van der Waals surface area contributed by atoms with Gasteiger partial charge in [-0.05, 0) is 6.92 Å². The molecule has 0 rings (SSSR count). The van der Waals surface area contributed by atoms with Crippen LogP contribution in [0.5, 0.6) is 0 Å². The van der Waals surface area contributed by atoms with E-state index in [9.17, 15) is 4.79 Å². The predicted molar refractivity (Wildman–Crippen MR) is 45.9 cm³/mol. The molecule has 0 radical (unpaired) electrons. The highest BCUT2D eigenvalue weighted by Crippen LogP contribution is 1.85. The van der Waals surface area contributed by atoms with E-state index < -0.39 is 0 Å². The summed E-state index contributed by atoms with van der Waals surface area (Å²) in [6.45, 7) is 5.79. The van der Waals surface area contributed by atoms with E-state index in [0.29, 0.717) is 19.4 Å². The van der Waals surface area contributed by atoms with Crippen LogP contribution in [-0.2, 0) is 4.79 Å². The van der Waals surface area contributed by atoms with E-state index in [1.54, 1.807) is 13.0 Å². The lowest BCUT2D eigenvalue weighted by Gasteiger charge is -1.97. The summed E-state index contributed by atoms with van der Waals surface area (Å²) in [7, 11) is 0. The van der Waals surface area contributed by atoms with Gasteiger partial charge in [-0.2, -0.15) is 0 Å². The first-order valence-corrected chi connectivity index (χ1v) is 3.58. The topological polar surface area (TPSA) is 29.1 Å². The Labute approximate surface area is 67.7 Å². The zero-order valence-electron chi connectivity index (χ0n) is 6.81. The Hall–Kier alpha value is -1.23. The Morgan fingerprint density at radius 2 is 2.45 bits per heavy atom. The van der Waals surface area contributed by atoms with Crippen LogP contribution in [0.3, 0.4) is 0 Å². The molecule has 11 heavy (non-hydrogen) atoms. The molecule has 0 aliphatic rings. The second-order valence-corrected chi connectivity index (χ2v) is 2.02. The first kappa shape index (κ1) is 9.77. The number of hydrogen-bond acceptors (Lipinski definition) is 1. The van der Waals surface area contributed by atoms with Gasteiger partial charge in [0.05, 0.1) is 0 Å². The number of rotatable bonds is 4. The Morgan fingerprint density at radius 1 is 1.73 bits per heavy atom. The van der Waals surface area contributed by atoms with Crippen LogP contribution in [0.15, 0.2) is 12.7 Å². The van der Waals surface area contributed by atoms with Gasteiger partial charge in [-0.3, -0.25) is 4.79 Å². The van der Waals surface area contributed by atoms with E-state index in [0.717, 1.165) is 0 Å². The van der Waals surface area contributed by atoms with Crippen LogP contribution in [0.1, 0.15) is 19.8 Å². The summed E-state index contributed by atoms with van der Waals surface area (Å²) in [5, 5.41) is 2.67. The molecule has 0 bridgehead atoms. The molecule has 2 heteroatoms. The average molecular weight is 151 g/mol. The molecule has 0 saturated carbocycles. The highest BCUT2D eigenvalue weighted by molar-refractivity contribution is 5.76. The van der Waals surface area contributed by atoms with Crippen LogP contribution in [0.25, 0.3) is 0 Å². The maximum Gasteiger partial charge on any atom is 0.221 e. The normalized spacial score (nSPS) is 7.73. The van der Waals surface area contributed by atoms with Crippen molar-refractivity contribution in [2.24, 2.45) is 0 Å². The molecule has 0 atom stereocenters. The van der Waals surface area contributed by atoms with E-state index >= 15 is 0 Å². The Balaban J connectivity index is 3.34. The van der Waals surface area contributed by atoms with Gasteiger partial charge in [-0.1, -0.05) is 6.08 Å². The number of nitrogens with one attached hydrogen (secondary N) is 1. The van der Waals surface area contributed by atoms with Crippen LogP contribution in [-0.4, -0.2) is 12.5 Å². The monoisotopic (exact) mass is 151 g/mol. The zero-order chi connectivity index (χ0) is 8.53. The first-order valence-electron chi connectivity index (χ1n) is 3.58. The van der Waals surface area contributed by atoms with Crippen molar-refractivity contribution in [3.63, 3.8) is 0 Å². The van der Waals surface area contributed by atoms with E-state index in [1.165, 1.54) is 0 Å². The minimum absolute atomic E-state index is 0.0349. The molecular formula is C9H13NO. The van der Waals surface area contributed by atoms with Crippen LogP contribution < -0.4 is 5.32 Å². The van der Waals surface area contributed by atoms with Crippen molar-refractivity contribution >= 4 is 5.91 Å². The third-order valence-electron chi connectivity index (χ3n) is 1.10. The second-order valence-electron chi connectivity index (χ2n) is 2.02. The van der Waals surface area contributed by atoms with Crippen molar-refractivity contribution < 1.29 is 4.79 Å². The standard InChI is InChI=1S/C9H13NO/c1-3-5-6-7-9(11)10-8-4-2/h4H,2,6-8H2,1H3,(H,10,11). The predicted octanol–water partition coefficient (Wildman–Crippen LogP) is 1.09. The fourth-order valence-electron chi connectivity index (χ4n) is 0.575. The molecule has 0 aliphatic heterocycles. The second kappa shape index (κ2) is 6.88. The van der Waals surface area contributed by atoms with Crippen molar-refractivity contribution in [3.05, 3.63) is 12.7 Å². The summed E-state index contributed by atoms with van der Waals surface area (Å²) < 4.78 is 0. The quantitative estimate of drug-likeness (QED) is 0.473. The van der Waals surface area contributed by atoms with Gasteiger partial charge in [-0.25, -0.2) is 0 Å². The molecule has 0 saturated heterocycles. The molecule has 0 aromatic heterocycles. The highest BCUT2D eigenvalue weighted by atomic mass is 16.1. The first-order chi connectivity index (χ1) is 5.31. The zero-order valence-corrected chi connectivity index (χ0v) is 6.81. The van der Waals surface area contributed by atoms with E-state index in [4.69, 9.17) is 0 Å². The van der Waals surface area contributed by atoms with Gasteiger partial charge < -0.3 is 5.32 Å². The van der Waals surface area contributed by atoms with E-state index in [-0.39, 0.29) is 5.91 Å². The van der Waals surface area contributed by atoms with Gasteiger partial charge in [-0.15, -0.1) is 18.4 Å². The molecule has 0 fully saturated rings. The Bertz CT molecular complexity index is 185. The number of carbonyl (C=O) groups excluding carboxylic acids is 1. The van der Waals surface area contributed by atoms with E-state index in [2.05, 4.69) is 23.7 Å². The van der Waals surface area contributed by atoms with Crippen molar-refractivity contribution in [1.82, 2.24) is 5.32 Å². The summed E-state index contributed by atoms with van der Waals surface area (Å²) in [6, 6.07) is 0. The molecule has 0 heterocycles. The number of amides is 1. The SMILES string of the molecule is C=CCNC(=O)CCC#CC. The van der Waals surface area contributed by atoms with E-state index in [1.807, 2.05) is 0 Å². The molecule has 0 spiro atoms. The Kier molecular flexibility index (Phi) is 6.11. The molecule has 1 amide bonds. The molecule has 0 unspecified atom stereocenters. The maximum absolute atomic E-state index is 10.9. The van der Waals surface area contributed by atoms with Gasteiger partial charge in [0.2, 0.25) is 5.91 Å². The molecule has 0 aromatic carbocycles. The van der Waals surface area contributed by atoms with Crippen molar-refractivity contribution in [3.8, 4) is 11.8 Å². The molecular weight excluding hydrogens is 138 g/mol. The van der Waals surface area contributed by atoms with Crippen LogP contribution in [0.4, 0.5) is 0 Å². The lowest BCUT2D eigenvalue weighted by Crippen LogP contribution is -2.22. The molecule has 0 aromatic rings. The molecule has 0 aliphatic carbocycles. The summed E-state index contributed by atoms with van der Waals surface area (Å²) in [5.74, 6) is 5.58. The van der Waals surface area contributed by atoms with Gasteiger partial charge in [0, 0.05) is 19.4 Å². The fraction of sp³-hybridized carbons (Fsp3) is 0.444. The molecule has 1 N–H and O–H groups in total. The van der Waals surface area contributed by atoms with Gasteiger partial charge in [0.15, 0.2) is 0 Å². The van der Waals surface area contributed by atoms with Gasteiger partial charge in [0.25, 0.3) is 0 Å². The number of hydrogen-bond donors (Lipinski definition) is 1. The smallest absolute Gasteiger partial charge is 0.221 e. The minimum Gasteiger partial charge on any atom is -0.353 e. The third kappa shape index (κ3) is 6.66. The van der Waals surface area contributed by atoms with Crippen molar-refractivity contribution in [2.45, 2.75) is 19.8 Å². The molecule has 2 nitrogen and oxygen atoms in total. The lowest BCUT2D eigenvalue weighted by atomic mass is 10.3. The number of carbonyl (C=O) groups is 1. The summed E-state index contributed by atoms with van der Waals surface area (Å²) in [6.07, 6.45) is 2.78. The molecule has 60 valence electrons. The minimum atomic E-state index is 0.0349. The third-order valence-corrected chi connectivity index (χ3v) is 1.10. The summed E-state index contributed by atoms with van der Waals surface area (Å²) in [4.78, 5) is 10.9. The lowest BCUT2D eigenvalue weighted by molar-refractivity contribution is -0.120. The van der Waals surface area contributed by atoms with Crippen molar-refractivity contribution in [1.29, 1.82) is 0 Å². The van der Waals surface area contributed by atoms with Gasteiger partial charge in [0.1, 0.15) is 0 Å². The van der Waals surface area contributed by atoms with Crippen LogP contribution >= 0.6 is 0 Å². The summed E-state index contributed by atoms with van der Waals surface area (Å²) in [5.41, 5.74) is 0. The van der Waals surface area contributed by atoms with Gasteiger partial charge >= 0.3 is 0 Å². The summed E-state index contributed by atoms with van der Waals surface area (Å²) >= 11 is 0. The Morgan fingerprint density at radius 3 is 3.00 bits per heavy atom. The van der Waals surface area contributed by atoms with Crippen molar-refractivity contribution in [2.75, 3.05) is 6.54 Å². The highest BCUT2D eigenvalue weighted by Gasteiger charge is 1.95.